The molecule has 1 N–H and O–H groups in total. The fraction of sp³-hybridized carbons (Fsp3) is 0.458. The lowest BCUT2D eigenvalue weighted by atomic mass is 9.84. The number of Topliss-reactive ketones (excluding diaryl/α,β-unsaturated/α-hetero) is 1. The lowest BCUT2D eigenvalue weighted by Gasteiger charge is -2.25. The van der Waals surface area contributed by atoms with Crippen LogP contribution in [0.1, 0.15) is 24.7 Å². The van der Waals surface area contributed by atoms with Crippen LogP contribution in [0.4, 0.5) is 0 Å². The molecule has 178 valence electrons. The summed E-state index contributed by atoms with van der Waals surface area (Å²) in [4.78, 5) is 21.0. The van der Waals surface area contributed by atoms with E-state index in [0.717, 1.165) is 33.5 Å². The van der Waals surface area contributed by atoms with E-state index < -0.39 is 5.41 Å². The van der Waals surface area contributed by atoms with Crippen molar-refractivity contribution in [3.8, 4) is 17.0 Å². The molecule has 0 spiro atoms. The molecular weight excluding hydrogens is 442 g/mol. The number of fused-ring (bicyclic) bond motifs is 1. The van der Waals surface area contributed by atoms with Crippen LogP contribution in [-0.2, 0) is 33.2 Å². The molecule has 8 nitrogen and oxygen atoms in total. The molecule has 0 aromatic carbocycles. The van der Waals surface area contributed by atoms with Gasteiger partial charge >= 0.3 is 0 Å². The van der Waals surface area contributed by atoms with Gasteiger partial charge in [0.2, 0.25) is 0 Å². The van der Waals surface area contributed by atoms with Gasteiger partial charge in [-0.1, -0.05) is 0 Å². The van der Waals surface area contributed by atoms with Gasteiger partial charge in [-0.05, 0) is 19.4 Å². The number of aliphatic hydroxyl groups is 1. The standard InChI is InChI=1S/C24H29N3O5.H2S/c1-16(29)8-17-9-19-20(13-27(2)22(19)12-25-17)21-10-18(32-7-6-30-3)11-23(26-21)24(14-28)4-5-31-15-24;/h9-13,28H,4-8,14-15H2,1-3H3;1H2/t24-;/m0./s1. The van der Waals surface area contributed by atoms with Gasteiger partial charge in [-0.2, -0.15) is 13.5 Å². The summed E-state index contributed by atoms with van der Waals surface area (Å²) in [6.45, 7) is 3.38. The first-order valence-electron chi connectivity index (χ1n) is 10.7. The van der Waals surface area contributed by atoms with Gasteiger partial charge in [0.1, 0.15) is 18.1 Å². The van der Waals surface area contributed by atoms with Crippen LogP contribution in [0.15, 0.2) is 30.6 Å². The number of nitrogens with zero attached hydrogens (tertiary/aromatic N) is 3. The number of aromatic nitrogens is 3. The molecule has 4 rings (SSSR count). The van der Waals surface area contributed by atoms with Crippen molar-refractivity contribution in [3.05, 3.63) is 42.0 Å². The first-order chi connectivity index (χ1) is 15.5. The maximum absolute atomic E-state index is 11.6. The second kappa shape index (κ2) is 10.6. The van der Waals surface area contributed by atoms with E-state index in [1.54, 1.807) is 20.2 Å². The summed E-state index contributed by atoms with van der Waals surface area (Å²) in [5.74, 6) is 0.728. The molecule has 0 bridgehead atoms. The first-order valence-corrected chi connectivity index (χ1v) is 10.7. The minimum absolute atomic E-state index is 0. The van der Waals surface area contributed by atoms with Crippen molar-refractivity contribution in [2.24, 2.45) is 7.05 Å². The Morgan fingerprint density at radius 1 is 1.30 bits per heavy atom. The second-order valence-electron chi connectivity index (χ2n) is 8.38. The SMILES string of the molecule is COCCOc1cc(-c2cn(C)c3cnc(CC(C)=O)cc23)nc([C@]2(CO)CCOC2)c1.S. The van der Waals surface area contributed by atoms with Gasteiger partial charge < -0.3 is 23.9 Å². The molecule has 3 aromatic rings. The molecule has 0 unspecified atom stereocenters. The van der Waals surface area contributed by atoms with Crippen molar-refractivity contribution in [2.75, 3.05) is 40.1 Å². The van der Waals surface area contributed by atoms with Crippen LogP contribution in [-0.4, -0.2) is 65.6 Å². The van der Waals surface area contributed by atoms with E-state index in [0.29, 0.717) is 38.6 Å². The zero-order chi connectivity index (χ0) is 22.7. The zero-order valence-corrected chi connectivity index (χ0v) is 20.3. The van der Waals surface area contributed by atoms with Crippen molar-refractivity contribution in [3.63, 3.8) is 0 Å². The van der Waals surface area contributed by atoms with Gasteiger partial charge in [-0.15, -0.1) is 0 Å². The molecule has 1 saturated heterocycles. The number of carbonyl (C=O) groups excluding carboxylic acids is 1. The topological polar surface area (TPSA) is 95.7 Å². The summed E-state index contributed by atoms with van der Waals surface area (Å²) in [6.07, 6.45) is 4.77. The lowest BCUT2D eigenvalue weighted by Crippen LogP contribution is -2.32. The van der Waals surface area contributed by atoms with Crippen LogP contribution in [0, 0.1) is 0 Å². The quantitative estimate of drug-likeness (QED) is 0.477. The van der Waals surface area contributed by atoms with Crippen molar-refractivity contribution in [1.29, 1.82) is 0 Å². The number of ketones is 1. The maximum Gasteiger partial charge on any atom is 0.135 e. The maximum atomic E-state index is 11.6. The molecule has 0 aliphatic carbocycles. The van der Waals surface area contributed by atoms with Gasteiger partial charge in [0.15, 0.2) is 0 Å². The van der Waals surface area contributed by atoms with Crippen molar-refractivity contribution >= 4 is 30.2 Å². The largest absolute Gasteiger partial charge is 0.491 e. The average Bonchev–Trinajstić information content (AvgIpc) is 3.39. The molecule has 33 heavy (non-hydrogen) atoms. The fourth-order valence-corrected chi connectivity index (χ4v) is 4.13. The average molecular weight is 474 g/mol. The summed E-state index contributed by atoms with van der Waals surface area (Å²) in [7, 11) is 3.59. The fourth-order valence-electron chi connectivity index (χ4n) is 4.13. The Morgan fingerprint density at radius 3 is 2.79 bits per heavy atom. The number of aryl methyl sites for hydroxylation is 1. The molecule has 9 heteroatoms. The van der Waals surface area contributed by atoms with E-state index in [9.17, 15) is 9.90 Å². The summed E-state index contributed by atoms with van der Waals surface area (Å²) in [6, 6.07) is 5.74. The van der Waals surface area contributed by atoms with E-state index in [4.69, 9.17) is 19.2 Å². The minimum atomic E-state index is -0.554. The third kappa shape index (κ3) is 5.22. The predicted octanol–water partition coefficient (Wildman–Crippen LogP) is 2.56. The van der Waals surface area contributed by atoms with E-state index in [1.807, 2.05) is 36.0 Å². The van der Waals surface area contributed by atoms with E-state index in [2.05, 4.69) is 4.98 Å². The molecule has 1 aliphatic heterocycles. The monoisotopic (exact) mass is 473 g/mol. The molecule has 0 saturated carbocycles. The number of carbonyl (C=O) groups is 1. The van der Waals surface area contributed by atoms with Crippen molar-refractivity contribution in [2.45, 2.75) is 25.2 Å². The molecule has 1 aliphatic rings. The molecule has 0 radical (unpaired) electrons. The number of aliphatic hydroxyl groups excluding tert-OH is 1. The van der Waals surface area contributed by atoms with Crippen LogP contribution in [0.3, 0.4) is 0 Å². The predicted molar refractivity (Wildman–Crippen MR) is 130 cm³/mol. The highest BCUT2D eigenvalue weighted by molar-refractivity contribution is 7.59. The van der Waals surface area contributed by atoms with Crippen LogP contribution in [0.5, 0.6) is 5.75 Å². The van der Waals surface area contributed by atoms with E-state index in [1.165, 1.54) is 0 Å². The van der Waals surface area contributed by atoms with Gasteiger partial charge in [0.05, 0.1) is 48.3 Å². The van der Waals surface area contributed by atoms with E-state index in [-0.39, 0.29) is 32.3 Å². The lowest BCUT2D eigenvalue weighted by molar-refractivity contribution is -0.116. The van der Waals surface area contributed by atoms with E-state index >= 15 is 0 Å². The Balaban J connectivity index is 0.00000306. The normalized spacial score (nSPS) is 17.8. The molecule has 1 fully saturated rings. The highest BCUT2D eigenvalue weighted by Gasteiger charge is 2.38. The van der Waals surface area contributed by atoms with Gasteiger partial charge in [0, 0.05) is 62.2 Å². The smallest absolute Gasteiger partial charge is 0.135 e. The number of ether oxygens (including phenoxy) is 3. The first kappa shape index (κ1) is 25.2. The molecule has 3 aromatic heterocycles. The highest BCUT2D eigenvalue weighted by atomic mass is 32.1. The summed E-state index contributed by atoms with van der Waals surface area (Å²) >= 11 is 0. The minimum Gasteiger partial charge on any atom is -0.491 e. The molecule has 1 atom stereocenters. The Labute approximate surface area is 200 Å². The number of hydrogen-bond acceptors (Lipinski definition) is 7. The third-order valence-electron chi connectivity index (χ3n) is 5.94. The number of rotatable bonds is 9. The van der Waals surface area contributed by atoms with Gasteiger partial charge in [-0.3, -0.25) is 14.8 Å². The van der Waals surface area contributed by atoms with Crippen molar-refractivity contribution < 1.29 is 24.1 Å². The van der Waals surface area contributed by atoms with Gasteiger partial charge in [0.25, 0.3) is 0 Å². The highest BCUT2D eigenvalue weighted by Crippen LogP contribution is 2.37. The number of methoxy groups -OCH3 is 1. The molecular formula is C24H31N3O5S. The summed E-state index contributed by atoms with van der Waals surface area (Å²) < 4.78 is 18.7. The van der Waals surface area contributed by atoms with Crippen LogP contribution in [0.2, 0.25) is 0 Å². The van der Waals surface area contributed by atoms with Crippen LogP contribution < -0.4 is 4.74 Å². The van der Waals surface area contributed by atoms with Crippen LogP contribution >= 0.6 is 13.5 Å². The van der Waals surface area contributed by atoms with Crippen LogP contribution in [0.25, 0.3) is 22.2 Å². The molecule has 0 amide bonds. The Hall–Kier alpha value is -2.46. The zero-order valence-electron chi connectivity index (χ0n) is 19.3. The summed E-state index contributed by atoms with van der Waals surface area (Å²) in [5, 5.41) is 11.2. The number of pyridine rings is 2. The Bertz CT molecular complexity index is 1120. The second-order valence-corrected chi connectivity index (χ2v) is 8.38. The van der Waals surface area contributed by atoms with Gasteiger partial charge in [-0.25, -0.2) is 0 Å². The third-order valence-corrected chi connectivity index (χ3v) is 5.94. The summed E-state index contributed by atoms with van der Waals surface area (Å²) in [5.41, 5.74) is 3.52. The number of hydrogen-bond donors (Lipinski definition) is 1. The Kier molecular flexibility index (Phi) is 8.12. The van der Waals surface area contributed by atoms with Crippen molar-refractivity contribution in [1.82, 2.24) is 14.5 Å². The molecule has 4 heterocycles. The Morgan fingerprint density at radius 2 is 2.12 bits per heavy atom.